The van der Waals surface area contributed by atoms with Crippen LogP contribution < -0.4 is 10.9 Å². The molecule has 4 nitrogen and oxygen atoms in total. The van der Waals surface area contributed by atoms with E-state index in [0.29, 0.717) is 12.1 Å². The van der Waals surface area contributed by atoms with Crippen molar-refractivity contribution in [2.45, 2.75) is 13.5 Å². The molecule has 3 rings (SSSR count). The van der Waals surface area contributed by atoms with E-state index in [2.05, 4.69) is 5.32 Å². The van der Waals surface area contributed by atoms with Crippen molar-refractivity contribution in [2.24, 2.45) is 0 Å². The van der Waals surface area contributed by atoms with Gasteiger partial charge in [-0.25, -0.2) is 4.79 Å². The van der Waals surface area contributed by atoms with Crippen molar-refractivity contribution in [2.75, 3.05) is 5.32 Å². The topological polar surface area (TPSA) is 62.5 Å². The molecule has 0 aliphatic heterocycles. The van der Waals surface area contributed by atoms with Gasteiger partial charge in [-0.2, -0.15) is 0 Å². The van der Waals surface area contributed by atoms with Gasteiger partial charge in [-0.15, -0.1) is 0 Å². The van der Waals surface area contributed by atoms with Gasteiger partial charge in [-0.1, -0.05) is 17.7 Å². The molecule has 3 aromatic rings. The Bertz CT molecular complexity index is 835. The summed E-state index contributed by atoms with van der Waals surface area (Å²) in [6.07, 6.45) is 0. The number of aryl methyl sites for hydroxylation is 1. The summed E-state index contributed by atoms with van der Waals surface area (Å²) in [6.45, 7) is 2.54. The molecular formula is C17H15NO3. The lowest BCUT2D eigenvalue weighted by molar-refractivity contribution is 0.473. The standard InChI is InChI=1S/C17H15NO3/c1-11-2-4-13(5-3-11)18-10-12-8-17(20)21-16-9-14(19)6-7-15(12)16/h2-9,18-19H,10H2,1H3. The molecule has 0 bridgehead atoms. The van der Waals surface area contributed by atoms with Gasteiger partial charge in [0.1, 0.15) is 11.3 Å². The molecule has 0 fully saturated rings. The van der Waals surface area contributed by atoms with E-state index in [0.717, 1.165) is 16.6 Å². The molecule has 0 atom stereocenters. The quantitative estimate of drug-likeness (QED) is 0.722. The molecule has 0 unspecified atom stereocenters. The second kappa shape index (κ2) is 5.32. The Morgan fingerprint density at radius 1 is 1.10 bits per heavy atom. The number of phenolic OH excluding ortho intramolecular Hbond substituents is 1. The average Bonchev–Trinajstić information content (AvgIpc) is 2.45. The highest BCUT2D eigenvalue weighted by molar-refractivity contribution is 5.81. The van der Waals surface area contributed by atoms with E-state index in [4.69, 9.17) is 4.42 Å². The summed E-state index contributed by atoms with van der Waals surface area (Å²) in [5.41, 5.74) is 2.99. The number of hydrogen-bond donors (Lipinski definition) is 2. The molecular weight excluding hydrogens is 266 g/mol. The Balaban J connectivity index is 1.93. The second-order valence-electron chi connectivity index (χ2n) is 4.99. The monoisotopic (exact) mass is 281 g/mol. The average molecular weight is 281 g/mol. The molecule has 0 spiro atoms. The number of aromatic hydroxyl groups is 1. The van der Waals surface area contributed by atoms with Crippen LogP contribution in [0.2, 0.25) is 0 Å². The van der Waals surface area contributed by atoms with Crippen LogP contribution in [0.4, 0.5) is 5.69 Å². The highest BCUT2D eigenvalue weighted by atomic mass is 16.4. The van der Waals surface area contributed by atoms with Crippen LogP contribution in [0.25, 0.3) is 11.0 Å². The molecule has 0 amide bonds. The molecule has 21 heavy (non-hydrogen) atoms. The third kappa shape index (κ3) is 2.89. The predicted molar refractivity (Wildman–Crippen MR) is 82.7 cm³/mol. The largest absolute Gasteiger partial charge is 0.508 e. The molecule has 0 aliphatic rings. The lowest BCUT2D eigenvalue weighted by Crippen LogP contribution is -2.05. The Morgan fingerprint density at radius 3 is 2.62 bits per heavy atom. The molecule has 0 aliphatic carbocycles. The number of hydrogen-bond acceptors (Lipinski definition) is 4. The van der Waals surface area contributed by atoms with Crippen LogP contribution in [0.1, 0.15) is 11.1 Å². The van der Waals surface area contributed by atoms with Crippen LogP contribution in [0, 0.1) is 6.92 Å². The summed E-state index contributed by atoms with van der Waals surface area (Å²) in [7, 11) is 0. The van der Waals surface area contributed by atoms with Crippen molar-refractivity contribution in [3.63, 3.8) is 0 Å². The molecule has 0 radical (unpaired) electrons. The fourth-order valence-electron chi connectivity index (χ4n) is 2.23. The van der Waals surface area contributed by atoms with Gasteiger partial charge in [0.2, 0.25) is 0 Å². The minimum Gasteiger partial charge on any atom is -0.508 e. The summed E-state index contributed by atoms with van der Waals surface area (Å²) >= 11 is 0. The lowest BCUT2D eigenvalue weighted by atomic mass is 10.1. The van der Waals surface area contributed by atoms with Gasteiger partial charge in [0, 0.05) is 29.8 Å². The Kier molecular flexibility index (Phi) is 3.36. The van der Waals surface area contributed by atoms with E-state index < -0.39 is 5.63 Å². The van der Waals surface area contributed by atoms with Crippen LogP contribution in [-0.2, 0) is 6.54 Å². The second-order valence-corrected chi connectivity index (χ2v) is 4.99. The number of fused-ring (bicyclic) bond motifs is 1. The summed E-state index contributed by atoms with van der Waals surface area (Å²) in [6, 6.07) is 14.3. The van der Waals surface area contributed by atoms with Crippen LogP contribution in [-0.4, -0.2) is 5.11 Å². The first-order chi connectivity index (χ1) is 10.1. The molecule has 2 aromatic carbocycles. The zero-order chi connectivity index (χ0) is 14.8. The van der Waals surface area contributed by atoms with Crippen LogP contribution >= 0.6 is 0 Å². The van der Waals surface area contributed by atoms with Crippen molar-refractivity contribution < 1.29 is 9.52 Å². The fourth-order valence-corrected chi connectivity index (χ4v) is 2.23. The maximum atomic E-state index is 11.6. The minimum absolute atomic E-state index is 0.0780. The van der Waals surface area contributed by atoms with Crippen molar-refractivity contribution in [3.8, 4) is 5.75 Å². The number of benzene rings is 2. The van der Waals surface area contributed by atoms with Gasteiger partial charge in [-0.05, 0) is 36.8 Å². The third-order valence-electron chi connectivity index (χ3n) is 3.35. The van der Waals surface area contributed by atoms with Crippen molar-refractivity contribution >= 4 is 16.7 Å². The Morgan fingerprint density at radius 2 is 1.86 bits per heavy atom. The molecule has 2 N–H and O–H groups in total. The summed E-state index contributed by atoms with van der Waals surface area (Å²) in [5, 5.41) is 13.6. The first-order valence-corrected chi connectivity index (χ1v) is 6.68. The van der Waals surface area contributed by atoms with Crippen molar-refractivity contribution in [3.05, 3.63) is 70.1 Å². The maximum Gasteiger partial charge on any atom is 0.336 e. The lowest BCUT2D eigenvalue weighted by Gasteiger charge is -2.09. The molecule has 1 aromatic heterocycles. The number of anilines is 1. The van der Waals surface area contributed by atoms with E-state index in [1.165, 1.54) is 17.7 Å². The van der Waals surface area contributed by atoms with Gasteiger partial charge in [-0.3, -0.25) is 0 Å². The number of rotatable bonds is 3. The molecule has 4 heteroatoms. The van der Waals surface area contributed by atoms with E-state index in [1.807, 2.05) is 31.2 Å². The maximum absolute atomic E-state index is 11.6. The highest BCUT2D eigenvalue weighted by Crippen LogP contribution is 2.22. The number of phenols is 1. The van der Waals surface area contributed by atoms with E-state index in [-0.39, 0.29) is 5.75 Å². The van der Waals surface area contributed by atoms with Crippen molar-refractivity contribution in [1.29, 1.82) is 0 Å². The van der Waals surface area contributed by atoms with E-state index in [9.17, 15) is 9.90 Å². The van der Waals surface area contributed by atoms with Gasteiger partial charge < -0.3 is 14.8 Å². The van der Waals surface area contributed by atoms with Gasteiger partial charge >= 0.3 is 5.63 Å². The molecule has 0 saturated carbocycles. The van der Waals surface area contributed by atoms with Crippen LogP contribution in [0.3, 0.4) is 0 Å². The minimum atomic E-state index is -0.422. The Labute approximate surface area is 121 Å². The molecule has 0 saturated heterocycles. The fraction of sp³-hybridized carbons (Fsp3) is 0.118. The van der Waals surface area contributed by atoms with Gasteiger partial charge in [0.25, 0.3) is 0 Å². The normalized spacial score (nSPS) is 10.7. The van der Waals surface area contributed by atoms with Crippen LogP contribution in [0.15, 0.2) is 57.7 Å². The Hall–Kier alpha value is -2.75. The highest BCUT2D eigenvalue weighted by Gasteiger charge is 2.06. The smallest absolute Gasteiger partial charge is 0.336 e. The van der Waals surface area contributed by atoms with Gasteiger partial charge in [0.05, 0.1) is 0 Å². The summed E-state index contributed by atoms with van der Waals surface area (Å²) in [4.78, 5) is 11.6. The number of nitrogens with one attached hydrogen (secondary N) is 1. The SMILES string of the molecule is Cc1ccc(NCc2cc(=O)oc3cc(O)ccc23)cc1. The third-order valence-corrected chi connectivity index (χ3v) is 3.35. The first kappa shape index (κ1) is 13.2. The zero-order valence-electron chi connectivity index (χ0n) is 11.6. The first-order valence-electron chi connectivity index (χ1n) is 6.68. The van der Waals surface area contributed by atoms with E-state index >= 15 is 0 Å². The van der Waals surface area contributed by atoms with Gasteiger partial charge in [0.15, 0.2) is 0 Å². The van der Waals surface area contributed by atoms with E-state index in [1.54, 1.807) is 12.1 Å². The molecule has 1 heterocycles. The zero-order valence-corrected chi connectivity index (χ0v) is 11.6. The molecule has 106 valence electrons. The van der Waals surface area contributed by atoms with Crippen LogP contribution in [0.5, 0.6) is 5.75 Å². The van der Waals surface area contributed by atoms with Crippen molar-refractivity contribution in [1.82, 2.24) is 0 Å². The summed E-state index contributed by atoms with van der Waals surface area (Å²) in [5.74, 6) is 0.0780. The predicted octanol–water partition coefficient (Wildman–Crippen LogP) is 3.42. The summed E-state index contributed by atoms with van der Waals surface area (Å²) < 4.78 is 5.11.